The number of fused-ring (bicyclic) bond motifs is 5. The number of allylic oxidation sites excluding steroid dienone is 2. The molecule has 6 atom stereocenters. The van der Waals surface area contributed by atoms with E-state index in [0.717, 1.165) is 49.5 Å². The van der Waals surface area contributed by atoms with Crippen molar-refractivity contribution in [3.05, 3.63) is 11.6 Å². The molecule has 132 valence electrons. The van der Waals surface area contributed by atoms with Crippen LogP contribution in [0.4, 0.5) is 0 Å². The molecular formula is C21H29BrO2. The van der Waals surface area contributed by atoms with Crippen LogP contribution in [0.15, 0.2) is 11.6 Å². The minimum absolute atomic E-state index is 0.0969. The standard InChI is InChI=1S/C21H29BrO2/c1-20-9-7-14(23)11-13(20)3-4-15-16-5-6-18(19(24)12-22)21(16,2)10-8-17(15)20/h6,13,15-17H,3-5,7-12H2,1-2H3/t13-,15+,16+,17+,20+,21+/m1/s1. The second kappa shape index (κ2) is 5.79. The van der Waals surface area contributed by atoms with Crippen LogP contribution in [-0.4, -0.2) is 16.9 Å². The monoisotopic (exact) mass is 392 g/mol. The van der Waals surface area contributed by atoms with Gasteiger partial charge >= 0.3 is 0 Å². The van der Waals surface area contributed by atoms with Crippen LogP contribution in [0.3, 0.4) is 0 Å². The van der Waals surface area contributed by atoms with Crippen LogP contribution >= 0.6 is 15.9 Å². The molecule has 4 aliphatic carbocycles. The summed E-state index contributed by atoms with van der Waals surface area (Å²) in [5.41, 5.74) is 1.56. The van der Waals surface area contributed by atoms with Gasteiger partial charge in [-0.1, -0.05) is 35.9 Å². The maximum atomic E-state index is 12.4. The van der Waals surface area contributed by atoms with E-state index >= 15 is 0 Å². The fourth-order valence-electron chi connectivity index (χ4n) is 7.12. The molecule has 3 saturated carbocycles. The van der Waals surface area contributed by atoms with Gasteiger partial charge in [-0.05, 0) is 78.6 Å². The average Bonchev–Trinajstić information content (AvgIpc) is 2.92. The lowest BCUT2D eigenvalue weighted by Crippen LogP contribution is -2.53. The van der Waals surface area contributed by atoms with E-state index in [-0.39, 0.29) is 5.41 Å². The third kappa shape index (κ3) is 2.26. The lowest BCUT2D eigenvalue weighted by Gasteiger charge is -2.60. The number of hydrogen-bond acceptors (Lipinski definition) is 2. The van der Waals surface area contributed by atoms with E-state index in [1.165, 1.54) is 19.3 Å². The molecule has 0 aromatic carbocycles. The zero-order chi connectivity index (χ0) is 17.1. The van der Waals surface area contributed by atoms with Gasteiger partial charge in [0.05, 0.1) is 5.33 Å². The molecule has 0 aliphatic heterocycles. The van der Waals surface area contributed by atoms with Crippen molar-refractivity contribution in [1.82, 2.24) is 0 Å². The van der Waals surface area contributed by atoms with Crippen LogP contribution in [0.2, 0.25) is 0 Å². The molecule has 0 aromatic heterocycles. The average molecular weight is 393 g/mol. The Morgan fingerprint density at radius 3 is 2.75 bits per heavy atom. The molecule has 0 saturated heterocycles. The number of carbonyl (C=O) groups excluding carboxylic acids is 2. The number of rotatable bonds is 2. The SMILES string of the molecule is C[C@]12CCC(=O)C[C@H]1CC[C@@H]1[C@@H]2CC[C@]2(C)C(C(=O)CBr)=CC[C@@H]12. The molecule has 0 spiro atoms. The number of alkyl halides is 1. The van der Waals surface area contributed by atoms with Gasteiger partial charge in [-0.3, -0.25) is 9.59 Å². The Balaban J connectivity index is 1.62. The van der Waals surface area contributed by atoms with Crippen LogP contribution in [0.1, 0.15) is 65.2 Å². The molecular weight excluding hydrogens is 364 g/mol. The first kappa shape index (κ1) is 17.0. The molecule has 24 heavy (non-hydrogen) atoms. The third-order valence-electron chi connectivity index (χ3n) is 8.48. The second-order valence-corrected chi connectivity index (χ2v) is 9.83. The lowest BCUT2D eigenvalue weighted by molar-refractivity contribution is -0.137. The molecule has 4 aliphatic rings. The molecule has 0 aromatic rings. The molecule has 0 radical (unpaired) electrons. The highest BCUT2D eigenvalue weighted by Gasteiger charge is 2.59. The predicted molar refractivity (Wildman–Crippen MR) is 99.0 cm³/mol. The molecule has 4 rings (SSSR count). The summed E-state index contributed by atoms with van der Waals surface area (Å²) in [4.78, 5) is 24.4. The molecule has 0 unspecified atom stereocenters. The Bertz CT molecular complexity index is 609. The van der Waals surface area contributed by atoms with Crippen molar-refractivity contribution in [2.45, 2.75) is 65.2 Å². The van der Waals surface area contributed by atoms with Crippen LogP contribution < -0.4 is 0 Å². The van der Waals surface area contributed by atoms with E-state index in [4.69, 9.17) is 0 Å². The highest BCUT2D eigenvalue weighted by atomic mass is 79.9. The van der Waals surface area contributed by atoms with Gasteiger partial charge in [-0.15, -0.1) is 0 Å². The molecule has 0 bridgehead atoms. The van der Waals surface area contributed by atoms with Crippen LogP contribution in [0, 0.1) is 34.5 Å². The van der Waals surface area contributed by atoms with E-state index in [1.54, 1.807) is 0 Å². The minimum atomic E-state index is 0.0969. The molecule has 0 N–H and O–H groups in total. The highest BCUT2D eigenvalue weighted by Crippen LogP contribution is 2.66. The van der Waals surface area contributed by atoms with Gasteiger partial charge in [0.15, 0.2) is 5.78 Å². The van der Waals surface area contributed by atoms with Gasteiger partial charge in [0, 0.05) is 12.8 Å². The van der Waals surface area contributed by atoms with Crippen LogP contribution in [0.5, 0.6) is 0 Å². The summed E-state index contributed by atoms with van der Waals surface area (Å²) >= 11 is 3.37. The van der Waals surface area contributed by atoms with Crippen molar-refractivity contribution in [1.29, 1.82) is 0 Å². The number of hydrogen-bond donors (Lipinski definition) is 0. The van der Waals surface area contributed by atoms with E-state index in [1.807, 2.05) is 0 Å². The van der Waals surface area contributed by atoms with E-state index in [2.05, 4.69) is 35.9 Å². The van der Waals surface area contributed by atoms with Crippen molar-refractivity contribution in [2.75, 3.05) is 5.33 Å². The van der Waals surface area contributed by atoms with Gasteiger partial charge in [0.1, 0.15) is 5.78 Å². The Labute approximate surface area is 154 Å². The first-order valence-electron chi connectivity index (χ1n) is 9.71. The highest BCUT2D eigenvalue weighted by molar-refractivity contribution is 9.09. The van der Waals surface area contributed by atoms with Gasteiger partial charge in [-0.25, -0.2) is 0 Å². The van der Waals surface area contributed by atoms with Crippen molar-refractivity contribution in [3.63, 3.8) is 0 Å². The van der Waals surface area contributed by atoms with Gasteiger partial charge in [-0.2, -0.15) is 0 Å². The number of Topliss-reactive ketones (excluding diaryl/α,β-unsaturated/α-hetero) is 2. The Morgan fingerprint density at radius 2 is 2.00 bits per heavy atom. The topological polar surface area (TPSA) is 34.1 Å². The lowest BCUT2D eigenvalue weighted by atomic mass is 9.44. The third-order valence-corrected chi connectivity index (χ3v) is 8.99. The zero-order valence-corrected chi connectivity index (χ0v) is 16.5. The Hall–Kier alpha value is -0.440. The van der Waals surface area contributed by atoms with Crippen molar-refractivity contribution >= 4 is 27.5 Å². The van der Waals surface area contributed by atoms with Crippen LogP contribution in [0.25, 0.3) is 0 Å². The predicted octanol–water partition coefficient (Wildman–Crippen LogP) is 5.10. The fourth-order valence-corrected chi connectivity index (χ4v) is 7.42. The van der Waals surface area contributed by atoms with E-state index in [9.17, 15) is 9.59 Å². The maximum absolute atomic E-state index is 12.4. The summed E-state index contributed by atoms with van der Waals surface area (Å²) in [6, 6.07) is 0. The fraction of sp³-hybridized carbons (Fsp3) is 0.810. The molecule has 0 heterocycles. The zero-order valence-electron chi connectivity index (χ0n) is 14.9. The Kier molecular flexibility index (Phi) is 4.10. The molecule has 0 amide bonds. The van der Waals surface area contributed by atoms with Gasteiger partial charge in [0.2, 0.25) is 0 Å². The van der Waals surface area contributed by atoms with E-state index in [0.29, 0.717) is 34.1 Å². The summed E-state index contributed by atoms with van der Waals surface area (Å²) in [6.07, 6.45) is 10.9. The molecule has 2 nitrogen and oxygen atoms in total. The minimum Gasteiger partial charge on any atom is -0.300 e. The first-order chi connectivity index (χ1) is 11.4. The van der Waals surface area contributed by atoms with Crippen molar-refractivity contribution < 1.29 is 9.59 Å². The summed E-state index contributed by atoms with van der Waals surface area (Å²) in [5, 5.41) is 0.455. The van der Waals surface area contributed by atoms with Crippen molar-refractivity contribution in [3.8, 4) is 0 Å². The first-order valence-corrected chi connectivity index (χ1v) is 10.8. The number of ketones is 2. The van der Waals surface area contributed by atoms with Gasteiger partial charge in [0.25, 0.3) is 0 Å². The van der Waals surface area contributed by atoms with E-state index < -0.39 is 0 Å². The quantitative estimate of drug-likeness (QED) is 0.612. The molecule has 3 heteroatoms. The number of halogens is 1. The Morgan fingerprint density at radius 1 is 1.21 bits per heavy atom. The summed E-state index contributed by atoms with van der Waals surface area (Å²) in [6.45, 7) is 4.84. The van der Waals surface area contributed by atoms with Crippen LogP contribution in [-0.2, 0) is 9.59 Å². The normalized spacial score (nSPS) is 47.5. The summed E-state index contributed by atoms with van der Waals surface area (Å²) in [5.74, 6) is 3.54. The largest absolute Gasteiger partial charge is 0.300 e. The second-order valence-electron chi connectivity index (χ2n) is 9.27. The summed E-state index contributed by atoms with van der Waals surface area (Å²) in [7, 11) is 0. The van der Waals surface area contributed by atoms with Crippen molar-refractivity contribution in [2.24, 2.45) is 34.5 Å². The maximum Gasteiger partial charge on any atom is 0.169 e. The smallest absolute Gasteiger partial charge is 0.169 e. The molecule has 3 fully saturated rings. The number of carbonyl (C=O) groups is 2. The van der Waals surface area contributed by atoms with Gasteiger partial charge < -0.3 is 0 Å². The summed E-state index contributed by atoms with van der Waals surface area (Å²) < 4.78 is 0.